The second-order valence-corrected chi connectivity index (χ2v) is 11.7. The van der Waals surface area contributed by atoms with Crippen LogP contribution in [0.25, 0.3) is 33.3 Å². The van der Waals surface area contributed by atoms with Crippen LogP contribution in [0.4, 0.5) is 11.4 Å². The van der Waals surface area contributed by atoms with Gasteiger partial charge in [-0.2, -0.15) is 17.2 Å². The van der Waals surface area contributed by atoms with E-state index in [1.54, 1.807) is 0 Å². The van der Waals surface area contributed by atoms with Crippen LogP contribution in [0.3, 0.4) is 0 Å². The van der Waals surface area contributed by atoms with Gasteiger partial charge in [0.05, 0.1) is 5.69 Å². The van der Waals surface area contributed by atoms with Gasteiger partial charge in [-0.25, -0.2) is 4.98 Å². The minimum Gasteiger partial charge on any atom is -0.391 e. The van der Waals surface area contributed by atoms with Gasteiger partial charge in [-0.1, -0.05) is 79.3 Å². The third-order valence-corrected chi connectivity index (χ3v) is 8.48. The normalized spacial score (nSPS) is 11.6. The first kappa shape index (κ1) is 29.6. The smallest absolute Gasteiger partial charge is 0.391 e. The van der Waals surface area contributed by atoms with Gasteiger partial charge < -0.3 is 9.47 Å². The Balaban J connectivity index is 0.00000343. The van der Waals surface area contributed by atoms with Crippen molar-refractivity contribution in [2.75, 3.05) is 11.9 Å². The Morgan fingerprint density at radius 3 is 2.25 bits per heavy atom. The van der Waals surface area contributed by atoms with Crippen LogP contribution in [-0.4, -0.2) is 26.4 Å². The molecule has 0 fully saturated rings. The Morgan fingerprint density at radius 1 is 0.727 bits per heavy atom. The minimum atomic E-state index is -0.181. The summed E-state index contributed by atoms with van der Waals surface area (Å²) in [6.45, 7) is 8.61. The molecule has 3 heterocycles. The van der Waals surface area contributed by atoms with Crippen LogP contribution in [-0.2, 0) is 26.5 Å². The van der Waals surface area contributed by atoms with Crippen molar-refractivity contribution in [3.63, 3.8) is 0 Å². The topological polar surface area (TPSA) is 38.9 Å². The van der Waals surface area contributed by atoms with Crippen molar-refractivity contribution in [2.24, 2.45) is 0 Å². The molecule has 7 aromatic rings. The molecule has 0 spiro atoms. The molecule has 44 heavy (non-hydrogen) atoms. The molecule has 6 heteroatoms. The molecule has 220 valence electrons. The van der Waals surface area contributed by atoms with E-state index in [0.29, 0.717) is 0 Å². The number of hydrogen-bond acceptors (Lipinski definition) is 3. The zero-order valence-corrected chi connectivity index (χ0v) is 27.7. The van der Waals surface area contributed by atoms with E-state index in [4.69, 9.17) is 4.98 Å². The SMILES string of the molecule is Cc1cc(C)n(-c2[c-]c(N(C)c3[c-]c4c(cc3)c3ccccc3n4-c3cc(C(C)(C)c4ccccc4)ccn3)ccc2)n1.[Pt+2]. The molecule has 0 amide bonds. The fraction of sp³-hybridized carbons (Fsp3) is 0.158. The zero-order chi connectivity index (χ0) is 29.7. The number of nitrogens with zero attached hydrogens (tertiary/aromatic N) is 5. The first-order chi connectivity index (χ1) is 20.8. The van der Waals surface area contributed by atoms with Gasteiger partial charge in [0.1, 0.15) is 5.82 Å². The molecule has 0 radical (unpaired) electrons. The maximum absolute atomic E-state index is 4.89. The summed E-state index contributed by atoms with van der Waals surface area (Å²) < 4.78 is 4.18. The largest absolute Gasteiger partial charge is 2.00 e. The van der Waals surface area contributed by atoms with Gasteiger partial charge in [0.15, 0.2) is 0 Å². The zero-order valence-electron chi connectivity index (χ0n) is 25.4. The van der Waals surface area contributed by atoms with Crippen LogP contribution in [0.1, 0.15) is 36.4 Å². The Hall–Kier alpha value is -4.47. The molecule has 0 atom stereocenters. The number of anilines is 2. The predicted molar refractivity (Wildman–Crippen MR) is 176 cm³/mol. The Morgan fingerprint density at radius 2 is 1.48 bits per heavy atom. The Kier molecular flexibility index (Phi) is 7.77. The van der Waals surface area contributed by atoms with Gasteiger partial charge in [-0.15, -0.1) is 35.7 Å². The molecule has 4 aromatic carbocycles. The summed E-state index contributed by atoms with van der Waals surface area (Å²) in [5, 5.41) is 6.97. The molecule has 0 aliphatic heterocycles. The van der Waals surface area contributed by atoms with Crippen LogP contribution >= 0.6 is 0 Å². The van der Waals surface area contributed by atoms with Crippen LogP contribution in [0, 0.1) is 26.0 Å². The summed E-state index contributed by atoms with van der Waals surface area (Å²) in [7, 11) is 2.06. The van der Waals surface area contributed by atoms with Gasteiger partial charge in [0.25, 0.3) is 0 Å². The van der Waals surface area contributed by atoms with Gasteiger partial charge in [-0.05, 0) is 60.3 Å². The Labute approximate surface area is 273 Å². The molecule has 5 nitrogen and oxygen atoms in total. The fourth-order valence-electron chi connectivity index (χ4n) is 6.03. The summed E-state index contributed by atoms with van der Waals surface area (Å²) in [4.78, 5) is 7.01. The predicted octanol–water partition coefficient (Wildman–Crippen LogP) is 8.67. The molecule has 0 aliphatic rings. The molecule has 0 N–H and O–H groups in total. The van der Waals surface area contributed by atoms with E-state index < -0.39 is 0 Å². The summed E-state index contributed by atoms with van der Waals surface area (Å²) in [5.41, 5.74) is 9.24. The third kappa shape index (κ3) is 5.06. The van der Waals surface area contributed by atoms with E-state index in [2.05, 4.69) is 146 Å². The second kappa shape index (κ2) is 11.6. The van der Waals surface area contributed by atoms with Crippen LogP contribution < -0.4 is 4.90 Å². The molecule has 7 rings (SSSR count). The van der Waals surface area contributed by atoms with Crippen molar-refractivity contribution in [2.45, 2.75) is 33.1 Å². The molecule has 0 unspecified atom stereocenters. The van der Waals surface area contributed by atoms with Crippen molar-refractivity contribution in [1.82, 2.24) is 19.3 Å². The van der Waals surface area contributed by atoms with Crippen molar-refractivity contribution in [1.29, 1.82) is 0 Å². The monoisotopic (exact) mass is 754 g/mol. The van der Waals surface area contributed by atoms with Crippen molar-refractivity contribution in [3.05, 3.63) is 144 Å². The molecule has 3 aromatic heterocycles. The molecule has 0 saturated carbocycles. The average molecular weight is 755 g/mol. The maximum Gasteiger partial charge on any atom is 2.00 e. The van der Waals surface area contributed by atoms with E-state index in [1.807, 2.05) is 29.9 Å². The first-order valence-electron chi connectivity index (χ1n) is 14.6. The van der Waals surface area contributed by atoms with Crippen LogP contribution in [0.2, 0.25) is 0 Å². The average Bonchev–Trinajstić information content (AvgIpc) is 3.56. The van der Waals surface area contributed by atoms with Crippen molar-refractivity contribution in [3.8, 4) is 11.5 Å². The molecule has 0 bridgehead atoms. The standard InChI is InChI=1S/C38H33N5.Pt/c1-26-22-27(2)43(40-26)32-15-11-14-30(24-32)41(5)31-18-19-34-33-16-9-10-17-35(33)42(36(34)25-31)37-23-29(20-21-39-37)38(3,4)28-12-7-6-8-13-28;/h6-23H,1-5H3;/q-2;+2. The summed E-state index contributed by atoms with van der Waals surface area (Å²) in [6.07, 6.45) is 1.92. The maximum atomic E-state index is 4.89. The van der Waals surface area contributed by atoms with Crippen LogP contribution in [0.15, 0.2) is 109 Å². The third-order valence-electron chi connectivity index (χ3n) is 8.48. The fourth-order valence-corrected chi connectivity index (χ4v) is 6.03. The molecular weight excluding hydrogens is 722 g/mol. The van der Waals surface area contributed by atoms with Gasteiger partial charge in [-0.3, -0.25) is 4.68 Å². The van der Waals surface area contributed by atoms with Gasteiger partial charge in [0, 0.05) is 29.9 Å². The summed E-state index contributed by atoms with van der Waals surface area (Å²) in [6, 6.07) is 43.4. The van der Waals surface area contributed by atoms with E-state index in [0.717, 1.165) is 50.7 Å². The molecular formula is C38H33N5Pt. The van der Waals surface area contributed by atoms with E-state index >= 15 is 0 Å². The number of benzene rings is 4. The quantitative estimate of drug-likeness (QED) is 0.160. The molecule has 0 aliphatic carbocycles. The molecule has 0 saturated heterocycles. The number of aryl methyl sites for hydroxylation is 2. The van der Waals surface area contributed by atoms with Gasteiger partial charge in [0.2, 0.25) is 0 Å². The first-order valence-corrected chi connectivity index (χ1v) is 14.6. The van der Waals surface area contributed by atoms with E-state index in [1.165, 1.54) is 16.5 Å². The number of hydrogen-bond donors (Lipinski definition) is 0. The number of pyridine rings is 1. The number of aromatic nitrogens is 4. The number of fused-ring (bicyclic) bond motifs is 3. The summed E-state index contributed by atoms with van der Waals surface area (Å²) in [5.74, 6) is 0.877. The summed E-state index contributed by atoms with van der Waals surface area (Å²) >= 11 is 0. The van der Waals surface area contributed by atoms with E-state index in [-0.39, 0.29) is 26.5 Å². The number of rotatable bonds is 6. The minimum absolute atomic E-state index is 0. The Bertz CT molecular complexity index is 2110. The van der Waals surface area contributed by atoms with Crippen LogP contribution in [0.5, 0.6) is 0 Å². The van der Waals surface area contributed by atoms with Crippen molar-refractivity contribution >= 4 is 33.2 Å². The van der Waals surface area contributed by atoms with E-state index in [9.17, 15) is 0 Å². The second-order valence-electron chi connectivity index (χ2n) is 11.7. The van der Waals surface area contributed by atoms with Crippen molar-refractivity contribution < 1.29 is 21.1 Å². The van der Waals surface area contributed by atoms with Gasteiger partial charge >= 0.3 is 21.1 Å². The number of para-hydroxylation sites is 1.